The lowest BCUT2D eigenvalue weighted by Crippen LogP contribution is -2.34. The van der Waals surface area contributed by atoms with Gasteiger partial charge >= 0.3 is 11.1 Å². The van der Waals surface area contributed by atoms with Crippen LogP contribution in [0.3, 0.4) is 0 Å². The highest BCUT2D eigenvalue weighted by molar-refractivity contribution is 4.80. The predicted octanol–water partition coefficient (Wildman–Crippen LogP) is -1.22. The summed E-state index contributed by atoms with van der Waals surface area (Å²) < 4.78 is 1.39. The van der Waals surface area contributed by atoms with Gasteiger partial charge in [-0.2, -0.15) is 4.98 Å². The number of nitrogens with zero attached hydrogens (tertiary/aromatic N) is 2. The van der Waals surface area contributed by atoms with Crippen LogP contribution in [0, 0.1) is 6.92 Å². The van der Waals surface area contributed by atoms with Gasteiger partial charge in [-0.25, -0.2) is 0 Å². The molecule has 0 radical (unpaired) electrons. The van der Waals surface area contributed by atoms with Crippen LogP contribution in [0.4, 0.5) is 0 Å². The van der Waals surface area contributed by atoms with E-state index in [0.717, 1.165) is 0 Å². The van der Waals surface area contributed by atoms with E-state index < -0.39 is 11.1 Å². The van der Waals surface area contributed by atoms with Gasteiger partial charge in [0.1, 0.15) is 5.82 Å². The Morgan fingerprint density at radius 3 is 2.60 bits per heavy atom. The zero-order valence-corrected chi connectivity index (χ0v) is 5.71. The molecule has 0 fully saturated rings. The molecule has 5 nitrogen and oxygen atoms in total. The SMILES string of the molecule is Cc1nc(=O)c(=O)[nH]n1C. The highest BCUT2D eigenvalue weighted by atomic mass is 16.2. The molecule has 0 aromatic carbocycles. The zero-order chi connectivity index (χ0) is 7.72. The lowest BCUT2D eigenvalue weighted by atomic mass is 10.7. The fourth-order valence-electron chi connectivity index (χ4n) is 0.554. The second-order valence-corrected chi connectivity index (χ2v) is 1.96. The predicted molar refractivity (Wildman–Crippen MR) is 34.8 cm³/mol. The van der Waals surface area contributed by atoms with E-state index in [4.69, 9.17) is 0 Å². The molecule has 5 heteroatoms. The molecule has 0 amide bonds. The van der Waals surface area contributed by atoms with Gasteiger partial charge in [-0.05, 0) is 6.92 Å². The van der Waals surface area contributed by atoms with E-state index in [9.17, 15) is 9.59 Å². The lowest BCUT2D eigenvalue weighted by molar-refractivity contribution is 0.651. The van der Waals surface area contributed by atoms with Crippen molar-refractivity contribution in [3.8, 4) is 0 Å². The van der Waals surface area contributed by atoms with Crippen LogP contribution in [0.25, 0.3) is 0 Å². The maximum Gasteiger partial charge on any atom is 0.338 e. The van der Waals surface area contributed by atoms with Crippen molar-refractivity contribution in [3.05, 3.63) is 26.5 Å². The first-order chi connectivity index (χ1) is 4.61. The van der Waals surface area contributed by atoms with E-state index in [0.29, 0.717) is 5.82 Å². The summed E-state index contributed by atoms with van der Waals surface area (Å²) in [5, 5.41) is 2.29. The molecule has 0 aliphatic heterocycles. The van der Waals surface area contributed by atoms with Crippen molar-refractivity contribution >= 4 is 0 Å². The van der Waals surface area contributed by atoms with Crippen molar-refractivity contribution in [1.29, 1.82) is 0 Å². The minimum absolute atomic E-state index is 0.490. The van der Waals surface area contributed by atoms with Crippen LogP contribution < -0.4 is 11.1 Å². The third-order valence-electron chi connectivity index (χ3n) is 1.21. The standard InChI is InChI=1S/C5H7N3O2/c1-3-6-4(9)5(10)7-8(3)2/h1-2H3,(H,7,10). The molecule has 0 aliphatic rings. The fourth-order valence-corrected chi connectivity index (χ4v) is 0.554. The Morgan fingerprint density at radius 1 is 1.50 bits per heavy atom. The number of H-pyrrole nitrogens is 1. The summed E-state index contributed by atoms with van der Waals surface area (Å²) in [6.07, 6.45) is 0. The molecule has 0 atom stereocenters. The summed E-state index contributed by atoms with van der Waals surface area (Å²) in [6.45, 7) is 1.64. The maximum atomic E-state index is 10.5. The summed E-state index contributed by atoms with van der Waals surface area (Å²) >= 11 is 0. The van der Waals surface area contributed by atoms with Crippen molar-refractivity contribution in [1.82, 2.24) is 14.8 Å². The van der Waals surface area contributed by atoms with Gasteiger partial charge in [0.05, 0.1) is 0 Å². The molecule has 0 aliphatic carbocycles. The molecule has 1 heterocycles. The van der Waals surface area contributed by atoms with Crippen molar-refractivity contribution in [2.24, 2.45) is 7.05 Å². The van der Waals surface area contributed by atoms with Crippen LogP contribution in [0.2, 0.25) is 0 Å². The van der Waals surface area contributed by atoms with E-state index in [2.05, 4.69) is 10.1 Å². The Labute approximate surface area is 56.3 Å². The van der Waals surface area contributed by atoms with Gasteiger partial charge in [0, 0.05) is 7.05 Å². The van der Waals surface area contributed by atoms with Crippen LogP contribution >= 0.6 is 0 Å². The summed E-state index contributed by atoms with van der Waals surface area (Å²) in [5.74, 6) is 0.490. The molecule has 0 bridgehead atoms. The molecule has 1 rings (SSSR count). The summed E-state index contributed by atoms with van der Waals surface area (Å²) in [4.78, 5) is 24.5. The van der Waals surface area contributed by atoms with Gasteiger partial charge in [0.15, 0.2) is 0 Å². The molecule has 10 heavy (non-hydrogen) atoms. The number of rotatable bonds is 0. The van der Waals surface area contributed by atoms with Crippen LogP contribution in [0.15, 0.2) is 9.59 Å². The average Bonchev–Trinajstić information content (AvgIpc) is 1.84. The molecule has 0 saturated heterocycles. The summed E-state index contributed by atoms with van der Waals surface area (Å²) in [6, 6.07) is 0. The normalized spacial score (nSPS) is 9.80. The van der Waals surface area contributed by atoms with Gasteiger partial charge in [0.2, 0.25) is 0 Å². The summed E-state index contributed by atoms with van der Waals surface area (Å²) in [7, 11) is 1.61. The first kappa shape index (κ1) is 6.73. The molecule has 1 aromatic rings. The number of aromatic nitrogens is 3. The third kappa shape index (κ3) is 0.975. The number of hydrogen-bond donors (Lipinski definition) is 1. The zero-order valence-electron chi connectivity index (χ0n) is 5.71. The highest BCUT2D eigenvalue weighted by Gasteiger charge is 1.95. The molecule has 0 spiro atoms. The first-order valence-corrected chi connectivity index (χ1v) is 2.75. The minimum atomic E-state index is -0.740. The number of hydrogen-bond acceptors (Lipinski definition) is 3. The number of aryl methyl sites for hydroxylation is 2. The Kier molecular flexibility index (Phi) is 1.41. The van der Waals surface area contributed by atoms with E-state index in [1.165, 1.54) is 4.68 Å². The molecule has 0 unspecified atom stereocenters. The monoisotopic (exact) mass is 141 g/mol. The Hall–Kier alpha value is -1.39. The van der Waals surface area contributed by atoms with Crippen molar-refractivity contribution in [2.45, 2.75) is 6.92 Å². The van der Waals surface area contributed by atoms with Gasteiger partial charge < -0.3 is 0 Å². The lowest BCUT2D eigenvalue weighted by Gasteiger charge is -1.98. The molecule has 54 valence electrons. The van der Waals surface area contributed by atoms with Crippen molar-refractivity contribution in [3.63, 3.8) is 0 Å². The largest absolute Gasteiger partial charge is 0.338 e. The number of aromatic amines is 1. The van der Waals surface area contributed by atoms with E-state index in [1.54, 1.807) is 14.0 Å². The second kappa shape index (κ2) is 2.09. The number of nitrogens with one attached hydrogen (secondary N) is 1. The summed E-state index contributed by atoms with van der Waals surface area (Å²) in [5.41, 5.74) is -1.43. The fraction of sp³-hybridized carbons (Fsp3) is 0.400. The molecule has 0 saturated carbocycles. The smallest absolute Gasteiger partial charge is 0.275 e. The van der Waals surface area contributed by atoms with Gasteiger partial charge in [-0.1, -0.05) is 0 Å². The highest BCUT2D eigenvalue weighted by Crippen LogP contribution is 1.75. The van der Waals surface area contributed by atoms with Gasteiger partial charge in [-0.3, -0.25) is 19.4 Å². The Bertz CT molecular complexity index is 314. The second-order valence-electron chi connectivity index (χ2n) is 1.96. The van der Waals surface area contributed by atoms with E-state index >= 15 is 0 Å². The third-order valence-corrected chi connectivity index (χ3v) is 1.21. The molecular weight excluding hydrogens is 134 g/mol. The Morgan fingerprint density at radius 2 is 2.10 bits per heavy atom. The minimum Gasteiger partial charge on any atom is -0.275 e. The van der Waals surface area contributed by atoms with E-state index in [-0.39, 0.29) is 0 Å². The molecule has 1 N–H and O–H groups in total. The Balaban J connectivity index is 3.59. The van der Waals surface area contributed by atoms with Gasteiger partial charge in [-0.15, -0.1) is 0 Å². The first-order valence-electron chi connectivity index (χ1n) is 2.75. The van der Waals surface area contributed by atoms with Crippen LogP contribution in [0.1, 0.15) is 5.82 Å². The van der Waals surface area contributed by atoms with Crippen molar-refractivity contribution < 1.29 is 0 Å². The molecular formula is C5H7N3O2. The van der Waals surface area contributed by atoms with Crippen LogP contribution in [-0.4, -0.2) is 14.8 Å². The topological polar surface area (TPSA) is 67.8 Å². The van der Waals surface area contributed by atoms with Crippen molar-refractivity contribution in [2.75, 3.05) is 0 Å². The average molecular weight is 141 g/mol. The van der Waals surface area contributed by atoms with E-state index in [1.807, 2.05) is 0 Å². The van der Waals surface area contributed by atoms with Crippen LogP contribution in [0.5, 0.6) is 0 Å². The maximum absolute atomic E-state index is 10.5. The van der Waals surface area contributed by atoms with Crippen LogP contribution in [-0.2, 0) is 7.05 Å². The van der Waals surface area contributed by atoms with Gasteiger partial charge in [0.25, 0.3) is 0 Å². The molecule has 1 aromatic heterocycles. The quantitative estimate of drug-likeness (QED) is 0.460.